The number of anilines is 1. The Morgan fingerprint density at radius 1 is 0.871 bits per heavy atom. The lowest BCUT2D eigenvalue weighted by molar-refractivity contribution is -0.137. The zero-order valence-electron chi connectivity index (χ0n) is 17.1. The Labute approximate surface area is 179 Å². The highest BCUT2D eigenvalue weighted by Gasteiger charge is 2.32. The van der Waals surface area contributed by atoms with E-state index < -0.39 is 11.7 Å². The number of amides is 1. The molecule has 2 heterocycles. The summed E-state index contributed by atoms with van der Waals surface area (Å²) in [5.41, 5.74) is 0.540. The third-order valence-electron chi connectivity index (χ3n) is 6.17. The van der Waals surface area contributed by atoms with E-state index in [9.17, 15) is 22.4 Å². The maximum Gasteiger partial charge on any atom is 0.416 e. The standard InChI is InChI=1S/C23H25F4N3O/c24-19-7-9-20(10-8-19)28-12-14-29(15-13-28)21-2-1-11-30(16-21)22(31)17-3-5-18(6-4-17)23(25,26)27/h3-10,21H,1-2,11-16H2/t21-/m0/s1. The maximum atomic E-state index is 13.1. The fourth-order valence-corrected chi connectivity index (χ4v) is 4.42. The first kappa shape index (κ1) is 21.6. The Morgan fingerprint density at radius 3 is 2.13 bits per heavy atom. The second-order valence-electron chi connectivity index (χ2n) is 8.12. The largest absolute Gasteiger partial charge is 0.416 e. The van der Waals surface area contributed by atoms with E-state index in [1.54, 1.807) is 17.0 Å². The molecule has 8 heteroatoms. The number of carbonyl (C=O) groups is 1. The second-order valence-corrected chi connectivity index (χ2v) is 8.12. The van der Waals surface area contributed by atoms with Crippen LogP contribution >= 0.6 is 0 Å². The van der Waals surface area contributed by atoms with E-state index in [4.69, 9.17) is 0 Å². The molecule has 166 valence electrons. The Balaban J connectivity index is 1.34. The van der Waals surface area contributed by atoms with Crippen LogP contribution in [0.3, 0.4) is 0 Å². The molecule has 4 nitrogen and oxygen atoms in total. The molecule has 0 unspecified atom stereocenters. The molecule has 2 fully saturated rings. The number of benzene rings is 2. The number of carbonyl (C=O) groups excluding carboxylic acids is 1. The Bertz CT molecular complexity index is 891. The van der Waals surface area contributed by atoms with Crippen LogP contribution in [-0.2, 0) is 6.18 Å². The van der Waals surface area contributed by atoms with E-state index in [0.717, 1.165) is 56.8 Å². The number of hydrogen-bond acceptors (Lipinski definition) is 3. The van der Waals surface area contributed by atoms with Crippen LogP contribution in [0.25, 0.3) is 0 Å². The first-order valence-corrected chi connectivity index (χ1v) is 10.5. The Morgan fingerprint density at radius 2 is 1.52 bits per heavy atom. The molecule has 31 heavy (non-hydrogen) atoms. The number of likely N-dealkylation sites (tertiary alicyclic amines) is 1. The number of alkyl halides is 3. The van der Waals surface area contributed by atoms with Gasteiger partial charge in [-0.05, 0) is 61.4 Å². The molecule has 4 rings (SSSR count). The summed E-state index contributed by atoms with van der Waals surface area (Å²) in [5, 5.41) is 0. The number of nitrogens with zero attached hydrogens (tertiary/aromatic N) is 3. The van der Waals surface area contributed by atoms with Crippen molar-refractivity contribution < 1.29 is 22.4 Å². The van der Waals surface area contributed by atoms with Crippen molar-refractivity contribution in [2.75, 3.05) is 44.2 Å². The van der Waals surface area contributed by atoms with E-state index in [1.807, 2.05) is 0 Å². The van der Waals surface area contributed by atoms with Crippen LogP contribution in [-0.4, -0.2) is 61.0 Å². The topological polar surface area (TPSA) is 26.8 Å². The summed E-state index contributed by atoms with van der Waals surface area (Å²) in [5.74, 6) is -0.467. The summed E-state index contributed by atoms with van der Waals surface area (Å²) < 4.78 is 51.4. The number of rotatable bonds is 3. The monoisotopic (exact) mass is 435 g/mol. The molecule has 2 aromatic carbocycles. The van der Waals surface area contributed by atoms with E-state index in [1.165, 1.54) is 24.3 Å². The first-order chi connectivity index (χ1) is 14.8. The van der Waals surface area contributed by atoms with E-state index in [-0.39, 0.29) is 23.3 Å². The van der Waals surface area contributed by atoms with Gasteiger partial charge in [0.1, 0.15) is 5.82 Å². The lowest BCUT2D eigenvalue weighted by Gasteiger charge is -2.44. The molecule has 2 aliphatic heterocycles. The molecule has 1 amide bonds. The van der Waals surface area contributed by atoms with Crippen LogP contribution < -0.4 is 4.90 Å². The van der Waals surface area contributed by atoms with Gasteiger partial charge in [-0.3, -0.25) is 9.69 Å². The molecular weight excluding hydrogens is 410 g/mol. The van der Waals surface area contributed by atoms with Crippen molar-refractivity contribution in [3.63, 3.8) is 0 Å². The molecular formula is C23H25F4N3O. The van der Waals surface area contributed by atoms with Gasteiger partial charge in [0.25, 0.3) is 5.91 Å². The highest BCUT2D eigenvalue weighted by Crippen LogP contribution is 2.29. The van der Waals surface area contributed by atoms with E-state index >= 15 is 0 Å². The highest BCUT2D eigenvalue weighted by atomic mass is 19.4. The van der Waals surface area contributed by atoms with Gasteiger partial charge in [0, 0.05) is 56.6 Å². The minimum Gasteiger partial charge on any atom is -0.369 e. The number of hydrogen-bond donors (Lipinski definition) is 0. The molecule has 0 aliphatic carbocycles. The van der Waals surface area contributed by atoms with Crippen molar-refractivity contribution in [3.05, 3.63) is 65.5 Å². The van der Waals surface area contributed by atoms with Crippen LogP contribution in [0.5, 0.6) is 0 Å². The fourth-order valence-electron chi connectivity index (χ4n) is 4.42. The minimum absolute atomic E-state index is 0.219. The normalized spacial score (nSPS) is 20.7. The third kappa shape index (κ3) is 5.01. The van der Waals surface area contributed by atoms with Crippen LogP contribution in [0.4, 0.5) is 23.2 Å². The zero-order chi connectivity index (χ0) is 22.0. The average Bonchev–Trinajstić information content (AvgIpc) is 2.79. The van der Waals surface area contributed by atoms with Crippen LogP contribution in [0.15, 0.2) is 48.5 Å². The van der Waals surface area contributed by atoms with Crippen molar-refractivity contribution in [3.8, 4) is 0 Å². The summed E-state index contributed by atoms with van der Waals surface area (Å²) >= 11 is 0. The molecule has 0 radical (unpaired) electrons. The van der Waals surface area contributed by atoms with Gasteiger partial charge in [-0.2, -0.15) is 13.2 Å². The predicted molar refractivity (Wildman–Crippen MR) is 111 cm³/mol. The molecule has 0 aromatic heterocycles. The maximum absolute atomic E-state index is 13.1. The lowest BCUT2D eigenvalue weighted by atomic mass is 10.0. The molecule has 0 bridgehead atoms. The number of piperazine rings is 1. The first-order valence-electron chi connectivity index (χ1n) is 10.5. The SMILES string of the molecule is O=C(c1ccc(C(F)(F)F)cc1)N1CCC[C@H](N2CCN(c3ccc(F)cc3)CC2)C1. The van der Waals surface area contributed by atoms with Gasteiger partial charge >= 0.3 is 6.18 Å². The van der Waals surface area contributed by atoms with Crippen LogP contribution in [0.2, 0.25) is 0 Å². The van der Waals surface area contributed by atoms with Gasteiger partial charge < -0.3 is 9.80 Å². The van der Waals surface area contributed by atoms with Gasteiger partial charge in [-0.15, -0.1) is 0 Å². The summed E-state index contributed by atoms with van der Waals surface area (Å²) in [6, 6.07) is 11.2. The smallest absolute Gasteiger partial charge is 0.369 e. The summed E-state index contributed by atoms with van der Waals surface area (Å²) in [6.45, 7) is 4.56. The highest BCUT2D eigenvalue weighted by molar-refractivity contribution is 5.94. The van der Waals surface area contributed by atoms with E-state index in [0.29, 0.717) is 13.1 Å². The van der Waals surface area contributed by atoms with Crippen molar-refractivity contribution >= 4 is 11.6 Å². The minimum atomic E-state index is -4.41. The Hall–Kier alpha value is -2.61. The van der Waals surface area contributed by atoms with E-state index in [2.05, 4.69) is 9.80 Å². The molecule has 0 N–H and O–H groups in total. The Kier molecular flexibility index (Phi) is 6.18. The third-order valence-corrected chi connectivity index (χ3v) is 6.17. The van der Waals surface area contributed by atoms with Crippen molar-refractivity contribution in [2.24, 2.45) is 0 Å². The molecule has 2 aliphatic rings. The van der Waals surface area contributed by atoms with Gasteiger partial charge in [0.15, 0.2) is 0 Å². The number of halogens is 4. The van der Waals surface area contributed by atoms with Crippen LogP contribution in [0, 0.1) is 5.82 Å². The molecule has 0 saturated carbocycles. The molecule has 2 saturated heterocycles. The molecule has 2 aromatic rings. The summed E-state index contributed by atoms with van der Waals surface area (Å²) in [6.07, 6.45) is -2.55. The average molecular weight is 435 g/mol. The van der Waals surface area contributed by atoms with Gasteiger partial charge in [-0.25, -0.2) is 4.39 Å². The second kappa shape index (κ2) is 8.86. The van der Waals surface area contributed by atoms with Gasteiger partial charge in [-0.1, -0.05) is 0 Å². The van der Waals surface area contributed by atoms with Crippen molar-refractivity contribution in [2.45, 2.75) is 25.1 Å². The summed E-state index contributed by atoms with van der Waals surface area (Å²) in [7, 11) is 0. The van der Waals surface area contributed by atoms with Gasteiger partial charge in [0.05, 0.1) is 5.56 Å². The zero-order valence-corrected chi connectivity index (χ0v) is 17.1. The van der Waals surface area contributed by atoms with Gasteiger partial charge in [0.2, 0.25) is 0 Å². The molecule has 1 atom stereocenters. The number of piperidine rings is 1. The van der Waals surface area contributed by atoms with Crippen LogP contribution in [0.1, 0.15) is 28.8 Å². The molecule has 0 spiro atoms. The lowest BCUT2D eigenvalue weighted by Crippen LogP contribution is -2.55. The predicted octanol–water partition coefficient (Wildman–Crippen LogP) is 4.27. The van der Waals surface area contributed by atoms with Crippen molar-refractivity contribution in [1.29, 1.82) is 0 Å². The quantitative estimate of drug-likeness (QED) is 0.674. The summed E-state index contributed by atoms with van der Waals surface area (Å²) in [4.78, 5) is 19.2. The van der Waals surface area contributed by atoms with Crippen molar-refractivity contribution in [1.82, 2.24) is 9.80 Å². The fraction of sp³-hybridized carbons (Fsp3) is 0.435.